The maximum atomic E-state index is 9.91. The van der Waals surface area contributed by atoms with Gasteiger partial charge in [-0.05, 0) is 20.3 Å². The fraction of sp³-hybridized carbons (Fsp3) is 0.889. The molecule has 0 spiro atoms. The normalized spacial score (nSPS) is 11.2. The molecule has 0 rings (SSSR count). The first-order valence-corrected chi connectivity index (χ1v) is 4.25. The van der Waals surface area contributed by atoms with Crippen molar-refractivity contribution < 1.29 is 14.3 Å². The van der Waals surface area contributed by atoms with Gasteiger partial charge in [-0.25, -0.2) is 4.79 Å². The van der Waals surface area contributed by atoms with E-state index in [1.807, 2.05) is 0 Å². The molecule has 0 N–H and O–H groups in total. The lowest BCUT2D eigenvalue weighted by Crippen LogP contribution is -2.30. The molecule has 0 heterocycles. The van der Waals surface area contributed by atoms with Crippen molar-refractivity contribution in [3.63, 3.8) is 0 Å². The van der Waals surface area contributed by atoms with E-state index in [-0.39, 0.29) is 0 Å². The van der Waals surface area contributed by atoms with Gasteiger partial charge < -0.3 is 9.47 Å². The molecule has 0 atom stereocenters. The van der Waals surface area contributed by atoms with Crippen LogP contribution in [0.5, 0.6) is 0 Å². The van der Waals surface area contributed by atoms with Crippen molar-refractivity contribution in [3.05, 3.63) is 0 Å². The Morgan fingerprint density at radius 1 is 1.42 bits per heavy atom. The van der Waals surface area contributed by atoms with E-state index in [2.05, 4.69) is 11.7 Å². The molecule has 0 saturated carbocycles. The van der Waals surface area contributed by atoms with Crippen LogP contribution in [0, 0.1) is 0 Å². The fourth-order valence-electron chi connectivity index (χ4n) is 0.707. The van der Waals surface area contributed by atoms with Crippen LogP contribution in [0.25, 0.3) is 0 Å². The Balaban J connectivity index is 3.39. The molecule has 0 aliphatic rings. The molecule has 0 amide bonds. The first-order chi connectivity index (χ1) is 5.62. The van der Waals surface area contributed by atoms with Crippen LogP contribution in [0.2, 0.25) is 0 Å². The monoisotopic (exact) mass is 173 g/mol. The maximum absolute atomic E-state index is 9.91. The molecule has 0 aromatic heterocycles. The van der Waals surface area contributed by atoms with Crippen molar-refractivity contribution in [1.29, 1.82) is 0 Å². The van der Waals surface area contributed by atoms with Crippen LogP contribution in [0.4, 0.5) is 0 Å². The average Bonchev–Trinajstić information content (AvgIpc) is 1.98. The highest BCUT2D eigenvalue weighted by atomic mass is 16.6. The second-order valence-electron chi connectivity index (χ2n) is 3.35. The number of carbonyl (C=O) groups excluding carboxylic acids is 1. The van der Waals surface area contributed by atoms with E-state index in [0.717, 1.165) is 19.4 Å². The lowest BCUT2D eigenvalue weighted by atomic mass is 10.1. The first kappa shape index (κ1) is 11.4. The minimum Gasteiger partial charge on any atom is -0.449 e. The van der Waals surface area contributed by atoms with E-state index >= 15 is 0 Å². The number of ether oxygens (including phenoxy) is 2. The van der Waals surface area contributed by atoms with Crippen molar-refractivity contribution in [2.24, 2.45) is 0 Å². The Bertz CT molecular complexity index is 121. The van der Waals surface area contributed by atoms with Crippen LogP contribution in [0.3, 0.4) is 0 Å². The summed E-state index contributed by atoms with van der Waals surface area (Å²) in [5.41, 5.74) is -0.546. The molecular formula is C9H17O3. The summed E-state index contributed by atoms with van der Waals surface area (Å²) in [5, 5.41) is 0. The summed E-state index contributed by atoms with van der Waals surface area (Å²) in [6.07, 6.45) is 2.15. The lowest BCUT2D eigenvalue weighted by Gasteiger charge is -2.21. The van der Waals surface area contributed by atoms with Crippen molar-refractivity contribution >= 4 is 6.47 Å². The molecule has 0 aliphatic heterocycles. The van der Waals surface area contributed by atoms with E-state index in [0.29, 0.717) is 6.61 Å². The Morgan fingerprint density at radius 3 is 2.58 bits per heavy atom. The lowest BCUT2D eigenvalue weighted by molar-refractivity contribution is -0.0134. The van der Waals surface area contributed by atoms with Crippen LogP contribution in [-0.4, -0.2) is 25.3 Å². The average molecular weight is 173 g/mol. The van der Waals surface area contributed by atoms with E-state index in [4.69, 9.17) is 4.74 Å². The summed E-state index contributed by atoms with van der Waals surface area (Å²) in [7, 11) is 0. The Labute approximate surface area is 74.0 Å². The summed E-state index contributed by atoms with van der Waals surface area (Å²) >= 11 is 0. The zero-order valence-corrected chi connectivity index (χ0v) is 8.05. The SMILES string of the molecule is CCCCOCC(C)(C)O[C]=O. The quantitative estimate of drug-likeness (QED) is 0.549. The number of hydrogen-bond donors (Lipinski definition) is 0. The number of unbranched alkanes of at least 4 members (excludes halogenated alkanes) is 1. The van der Waals surface area contributed by atoms with Gasteiger partial charge in [0.25, 0.3) is 0 Å². The third-order valence-electron chi connectivity index (χ3n) is 1.41. The second kappa shape index (κ2) is 6.00. The van der Waals surface area contributed by atoms with Crippen molar-refractivity contribution in [2.75, 3.05) is 13.2 Å². The van der Waals surface area contributed by atoms with Gasteiger partial charge in [0.15, 0.2) is 0 Å². The largest absolute Gasteiger partial charge is 0.449 e. The molecule has 3 heteroatoms. The van der Waals surface area contributed by atoms with Gasteiger partial charge >= 0.3 is 6.47 Å². The van der Waals surface area contributed by atoms with Crippen LogP contribution < -0.4 is 0 Å². The molecule has 0 aromatic carbocycles. The molecule has 0 bridgehead atoms. The Hall–Kier alpha value is -0.570. The number of hydrogen-bond acceptors (Lipinski definition) is 3. The molecule has 0 unspecified atom stereocenters. The van der Waals surface area contributed by atoms with E-state index in [9.17, 15) is 4.79 Å². The number of rotatable bonds is 7. The van der Waals surface area contributed by atoms with Gasteiger partial charge in [0, 0.05) is 6.61 Å². The van der Waals surface area contributed by atoms with Gasteiger partial charge in [-0.3, -0.25) is 0 Å². The van der Waals surface area contributed by atoms with Crippen LogP contribution in [0.1, 0.15) is 33.6 Å². The standard InChI is InChI=1S/C9H17O3/c1-4-5-6-11-7-9(2,3)12-8-10/h4-7H2,1-3H3. The third kappa shape index (κ3) is 6.16. The Kier molecular flexibility index (Phi) is 5.72. The van der Waals surface area contributed by atoms with Crippen LogP contribution in [-0.2, 0) is 14.3 Å². The molecule has 12 heavy (non-hydrogen) atoms. The van der Waals surface area contributed by atoms with Gasteiger partial charge in [0.2, 0.25) is 0 Å². The van der Waals surface area contributed by atoms with Gasteiger partial charge in [0.05, 0.1) is 6.61 Å². The van der Waals surface area contributed by atoms with Crippen molar-refractivity contribution in [1.82, 2.24) is 0 Å². The van der Waals surface area contributed by atoms with Crippen molar-refractivity contribution in [3.8, 4) is 0 Å². The Morgan fingerprint density at radius 2 is 2.08 bits per heavy atom. The smallest absolute Gasteiger partial charge is 0.418 e. The second-order valence-corrected chi connectivity index (χ2v) is 3.35. The molecule has 0 fully saturated rings. The topological polar surface area (TPSA) is 35.5 Å². The summed E-state index contributed by atoms with van der Waals surface area (Å²) in [5.74, 6) is 0. The molecular weight excluding hydrogens is 156 g/mol. The van der Waals surface area contributed by atoms with Gasteiger partial charge in [-0.2, -0.15) is 0 Å². The highest BCUT2D eigenvalue weighted by Crippen LogP contribution is 2.07. The van der Waals surface area contributed by atoms with Crippen LogP contribution >= 0.6 is 0 Å². The zero-order valence-electron chi connectivity index (χ0n) is 8.05. The van der Waals surface area contributed by atoms with Gasteiger partial charge in [0.1, 0.15) is 5.60 Å². The van der Waals surface area contributed by atoms with E-state index in [1.165, 1.54) is 6.47 Å². The maximum Gasteiger partial charge on any atom is 0.418 e. The summed E-state index contributed by atoms with van der Waals surface area (Å²) < 4.78 is 9.97. The summed E-state index contributed by atoms with van der Waals surface area (Å²) in [6, 6.07) is 0. The zero-order chi connectivity index (χ0) is 9.45. The molecule has 1 radical (unpaired) electrons. The van der Waals surface area contributed by atoms with E-state index < -0.39 is 5.60 Å². The minimum atomic E-state index is -0.546. The van der Waals surface area contributed by atoms with Gasteiger partial charge in [-0.1, -0.05) is 13.3 Å². The highest BCUT2D eigenvalue weighted by molar-refractivity contribution is 5.39. The molecule has 3 nitrogen and oxygen atoms in total. The third-order valence-corrected chi connectivity index (χ3v) is 1.41. The van der Waals surface area contributed by atoms with Crippen LogP contribution in [0.15, 0.2) is 0 Å². The summed E-state index contributed by atoms with van der Waals surface area (Å²) in [6.45, 7) is 8.27. The fourth-order valence-corrected chi connectivity index (χ4v) is 0.707. The van der Waals surface area contributed by atoms with Crippen molar-refractivity contribution in [2.45, 2.75) is 39.2 Å². The molecule has 0 aliphatic carbocycles. The van der Waals surface area contributed by atoms with E-state index in [1.54, 1.807) is 13.8 Å². The molecule has 0 saturated heterocycles. The van der Waals surface area contributed by atoms with Gasteiger partial charge in [-0.15, -0.1) is 0 Å². The molecule has 0 aromatic rings. The molecule has 71 valence electrons. The predicted octanol–water partition coefficient (Wildman–Crippen LogP) is 1.67. The first-order valence-electron chi connectivity index (χ1n) is 4.25. The highest BCUT2D eigenvalue weighted by Gasteiger charge is 2.18. The predicted molar refractivity (Wildman–Crippen MR) is 46.6 cm³/mol. The minimum absolute atomic E-state index is 0.433. The summed E-state index contributed by atoms with van der Waals surface area (Å²) in [4.78, 5) is 9.91.